The fraction of sp³-hybridized carbons (Fsp3) is 0.222. The minimum atomic E-state index is 0.551. The molecule has 0 aliphatic heterocycles. The number of nitrogens with one attached hydrogen (secondary N) is 2. The second kappa shape index (κ2) is 3.95. The molecular weight excluding hydrogens is 192 g/mol. The van der Waals surface area contributed by atoms with Crippen LogP contribution in [0.2, 0.25) is 0 Å². The summed E-state index contributed by atoms with van der Waals surface area (Å²) < 4.78 is 0. The van der Waals surface area contributed by atoms with Crippen LogP contribution in [0.25, 0.3) is 0 Å². The van der Waals surface area contributed by atoms with E-state index in [1.54, 1.807) is 12.3 Å². The highest BCUT2D eigenvalue weighted by molar-refractivity contribution is 5.53. The molecule has 0 saturated heterocycles. The van der Waals surface area contributed by atoms with Gasteiger partial charge in [0.05, 0.1) is 6.54 Å². The largest absolute Gasteiger partial charge is 0.398 e. The van der Waals surface area contributed by atoms with E-state index in [-0.39, 0.29) is 0 Å². The van der Waals surface area contributed by atoms with Crippen LogP contribution in [-0.4, -0.2) is 20.2 Å². The summed E-state index contributed by atoms with van der Waals surface area (Å²) in [7, 11) is 0. The summed E-state index contributed by atoms with van der Waals surface area (Å²) in [6.07, 6.45) is 3.20. The highest BCUT2D eigenvalue weighted by atomic mass is 15.2. The van der Waals surface area contributed by atoms with Crippen LogP contribution in [0.1, 0.15) is 11.4 Å². The maximum absolute atomic E-state index is 5.75. The van der Waals surface area contributed by atoms with Crippen molar-refractivity contribution in [2.45, 2.75) is 13.5 Å². The van der Waals surface area contributed by atoms with E-state index in [2.05, 4.69) is 25.5 Å². The van der Waals surface area contributed by atoms with Crippen molar-refractivity contribution in [3.8, 4) is 0 Å². The van der Waals surface area contributed by atoms with E-state index >= 15 is 0 Å². The molecule has 6 heteroatoms. The molecule has 78 valence electrons. The Morgan fingerprint density at radius 2 is 2.33 bits per heavy atom. The highest BCUT2D eigenvalue weighted by Crippen LogP contribution is 2.13. The quantitative estimate of drug-likeness (QED) is 0.684. The van der Waals surface area contributed by atoms with Crippen molar-refractivity contribution >= 4 is 11.5 Å². The molecule has 0 atom stereocenters. The lowest BCUT2D eigenvalue weighted by atomic mass is 10.2. The zero-order valence-electron chi connectivity index (χ0n) is 8.36. The number of hydrogen-bond acceptors (Lipinski definition) is 5. The molecule has 0 aliphatic carbocycles. The molecular formula is C9H12N6. The molecule has 0 saturated carbocycles. The lowest BCUT2D eigenvalue weighted by Gasteiger charge is -2.05. The molecule has 2 aromatic heterocycles. The predicted octanol–water partition coefficient (Wildman–Crippen LogP) is 0.702. The van der Waals surface area contributed by atoms with Crippen LogP contribution >= 0.6 is 0 Å². The second-order valence-electron chi connectivity index (χ2n) is 3.21. The number of nitrogen functional groups attached to an aromatic ring is 1. The SMILES string of the molecule is Cc1cnc(NCc2ncn[nH]2)cc1N. The molecule has 0 unspecified atom stereocenters. The first-order valence-corrected chi connectivity index (χ1v) is 4.56. The minimum Gasteiger partial charge on any atom is -0.398 e. The summed E-state index contributed by atoms with van der Waals surface area (Å²) >= 11 is 0. The van der Waals surface area contributed by atoms with E-state index in [9.17, 15) is 0 Å². The molecule has 0 aromatic carbocycles. The zero-order chi connectivity index (χ0) is 10.7. The molecule has 0 spiro atoms. The Balaban J connectivity index is 2.02. The molecule has 0 amide bonds. The van der Waals surface area contributed by atoms with Gasteiger partial charge in [0.25, 0.3) is 0 Å². The van der Waals surface area contributed by atoms with Gasteiger partial charge in [0.2, 0.25) is 0 Å². The Bertz CT molecular complexity index is 436. The van der Waals surface area contributed by atoms with Gasteiger partial charge in [-0.05, 0) is 12.5 Å². The number of H-pyrrole nitrogens is 1. The Labute approximate surface area is 86.9 Å². The summed E-state index contributed by atoms with van der Waals surface area (Å²) in [5.74, 6) is 1.49. The summed E-state index contributed by atoms with van der Waals surface area (Å²) in [5, 5.41) is 9.59. The van der Waals surface area contributed by atoms with Crippen molar-refractivity contribution < 1.29 is 0 Å². The normalized spacial score (nSPS) is 10.2. The highest BCUT2D eigenvalue weighted by Gasteiger charge is 1.99. The average Bonchev–Trinajstić information content (AvgIpc) is 2.73. The second-order valence-corrected chi connectivity index (χ2v) is 3.21. The predicted molar refractivity (Wildman–Crippen MR) is 57.1 cm³/mol. The van der Waals surface area contributed by atoms with Crippen LogP contribution in [0.5, 0.6) is 0 Å². The summed E-state index contributed by atoms with van der Waals surface area (Å²) in [6.45, 7) is 2.47. The van der Waals surface area contributed by atoms with Crippen molar-refractivity contribution in [1.82, 2.24) is 20.2 Å². The molecule has 2 aromatic rings. The summed E-state index contributed by atoms with van der Waals surface area (Å²) in [4.78, 5) is 8.17. The minimum absolute atomic E-state index is 0.551. The molecule has 6 nitrogen and oxygen atoms in total. The van der Waals surface area contributed by atoms with Crippen molar-refractivity contribution in [2.75, 3.05) is 11.1 Å². The van der Waals surface area contributed by atoms with Crippen LogP contribution < -0.4 is 11.1 Å². The summed E-state index contributed by atoms with van der Waals surface area (Å²) in [5.41, 5.74) is 7.45. The molecule has 2 rings (SSSR count). The van der Waals surface area contributed by atoms with E-state index in [4.69, 9.17) is 5.73 Å². The van der Waals surface area contributed by atoms with Gasteiger partial charge in [-0.3, -0.25) is 5.10 Å². The Morgan fingerprint density at radius 1 is 1.47 bits per heavy atom. The average molecular weight is 204 g/mol. The van der Waals surface area contributed by atoms with Gasteiger partial charge in [-0.25, -0.2) is 9.97 Å². The smallest absolute Gasteiger partial charge is 0.143 e. The van der Waals surface area contributed by atoms with Gasteiger partial charge < -0.3 is 11.1 Å². The van der Waals surface area contributed by atoms with Gasteiger partial charge in [0.1, 0.15) is 18.0 Å². The number of aromatic amines is 1. The number of hydrogen-bond donors (Lipinski definition) is 3. The number of anilines is 2. The van der Waals surface area contributed by atoms with Gasteiger partial charge >= 0.3 is 0 Å². The number of pyridine rings is 1. The first-order valence-electron chi connectivity index (χ1n) is 4.56. The Kier molecular flexibility index (Phi) is 2.49. The first-order chi connectivity index (χ1) is 7.25. The lowest BCUT2D eigenvalue weighted by molar-refractivity contribution is 0.947. The van der Waals surface area contributed by atoms with Gasteiger partial charge in [-0.15, -0.1) is 0 Å². The van der Waals surface area contributed by atoms with Crippen molar-refractivity contribution in [3.63, 3.8) is 0 Å². The third-order valence-corrected chi connectivity index (χ3v) is 2.05. The fourth-order valence-electron chi connectivity index (χ4n) is 1.13. The third-order valence-electron chi connectivity index (χ3n) is 2.05. The standard InChI is InChI=1S/C9H12N6/c1-6-3-11-8(2-7(6)10)12-4-9-13-5-14-15-9/h2-3,5H,4H2,1H3,(H3,10,11,12)(H,13,14,15). The maximum Gasteiger partial charge on any atom is 0.143 e. The fourth-order valence-corrected chi connectivity index (χ4v) is 1.13. The van der Waals surface area contributed by atoms with Crippen molar-refractivity contribution in [1.29, 1.82) is 0 Å². The van der Waals surface area contributed by atoms with E-state index < -0.39 is 0 Å². The maximum atomic E-state index is 5.75. The lowest BCUT2D eigenvalue weighted by Crippen LogP contribution is -2.04. The van der Waals surface area contributed by atoms with Crippen molar-refractivity contribution in [2.24, 2.45) is 0 Å². The molecule has 2 heterocycles. The zero-order valence-corrected chi connectivity index (χ0v) is 8.36. The van der Waals surface area contributed by atoms with E-state index in [0.717, 1.165) is 22.9 Å². The van der Waals surface area contributed by atoms with Crippen LogP contribution in [0.4, 0.5) is 11.5 Å². The number of nitrogens with zero attached hydrogens (tertiary/aromatic N) is 3. The van der Waals surface area contributed by atoms with Crippen LogP contribution in [0, 0.1) is 6.92 Å². The number of nitrogens with two attached hydrogens (primary N) is 1. The molecule has 0 bridgehead atoms. The van der Waals surface area contributed by atoms with Crippen molar-refractivity contribution in [3.05, 3.63) is 30.0 Å². The Hall–Kier alpha value is -2.11. The topological polar surface area (TPSA) is 92.5 Å². The summed E-state index contributed by atoms with van der Waals surface area (Å²) in [6, 6.07) is 1.80. The number of rotatable bonds is 3. The molecule has 0 aliphatic rings. The molecule has 0 radical (unpaired) electrons. The molecule has 0 fully saturated rings. The van der Waals surface area contributed by atoms with Gasteiger partial charge in [-0.2, -0.15) is 5.10 Å². The van der Waals surface area contributed by atoms with Crippen LogP contribution in [0.15, 0.2) is 18.6 Å². The van der Waals surface area contributed by atoms with Gasteiger partial charge in [0.15, 0.2) is 0 Å². The number of aryl methyl sites for hydroxylation is 1. The van der Waals surface area contributed by atoms with Gasteiger partial charge in [-0.1, -0.05) is 0 Å². The van der Waals surface area contributed by atoms with E-state index in [1.165, 1.54) is 6.33 Å². The van der Waals surface area contributed by atoms with E-state index in [1.807, 2.05) is 6.92 Å². The van der Waals surface area contributed by atoms with Crippen LogP contribution in [-0.2, 0) is 6.54 Å². The van der Waals surface area contributed by atoms with Gasteiger partial charge in [0, 0.05) is 18.0 Å². The molecule has 15 heavy (non-hydrogen) atoms. The molecule has 4 N–H and O–H groups in total. The Morgan fingerprint density at radius 3 is 3.00 bits per heavy atom. The third kappa shape index (κ3) is 2.22. The first kappa shape index (κ1) is 9.45. The van der Waals surface area contributed by atoms with Crippen LogP contribution in [0.3, 0.4) is 0 Å². The monoisotopic (exact) mass is 204 g/mol. The van der Waals surface area contributed by atoms with E-state index in [0.29, 0.717) is 6.54 Å². The number of aromatic nitrogens is 4.